The van der Waals surface area contributed by atoms with Gasteiger partial charge in [0.25, 0.3) is 5.91 Å². The first-order chi connectivity index (χ1) is 17.9. The number of halogens is 1. The molecule has 6 nitrogen and oxygen atoms in total. The SMILES string of the molecule is COc1cccc(-n2c(-c3ccc(Cl)cc3)cc(C(=O)N(C)CCc3ccc(OC)c(OC)c3)c2C)c1. The maximum atomic E-state index is 13.6. The first kappa shape index (κ1) is 26.2. The zero-order chi connectivity index (χ0) is 26.5. The van der Waals surface area contributed by atoms with Gasteiger partial charge in [-0.2, -0.15) is 0 Å². The van der Waals surface area contributed by atoms with Crippen molar-refractivity contribution in [3.8, 4) is 34.2 Å². The van der Waals surface area contributed by atoms with E-state index in [1.54, 1.807) is 26.2 Å². The van der Waals surface area contributed by atoms with Gasteiger partial charge in [0.05, 0.1) is 32.6 Å². The van der Waals surface area contributed by atoms with Gasteiger partial charge in [0.15, 0.2) is 11.5 Å². The van der Waals surface area contributed by atoms with Crippen molar-refractivity contribution >= 4 is 17.5 Å². The van der Waals surface area contributed by atoms with Crippen molar-refractivity contribution < 1.29 is 19.0 Å². The topological polar surface area (TPSA) is 52.9 Å². The van der Waals surface area contributed by atoms with Gasteiger partial charge in [0.2, 0.25) is 0 Å². The van der Waals surface area contributed by atoms with E-state index < -0.39 is 0 Å². The number of aromatic nitrogens is 1. The number of likely N-dealkylation sites (N-methyl/N-ethyl adjacent to an activating group) is 1. The molecule has 0 aliphatic heterocycles. The van der Waals surface area contributed by atoms with E-state index in [1.807, 2.05) is 86.8 Å². The standard InChI is InChI=1S/C30H31ClN2O4/c1-20-26(30(34)32(2)16-15-21-9-14-28(36-4)29(17-21)37-5)19-27(22-10-12-23(31)13-11-22)33(20)24-7-6-8-25(18-24)35-3/h6-14,17-19H,15-16H2,1-5H3. The van der Waals surface area contributed by atoms with Gasteiger partial charge in [-0.15, -0.1) is 0 Å². The smallest absolute Gasteiger partial charge is 0.255 e. The van der Waals surface area contributed by atoms with E-state index in [4.69, 9.17) is 25.8 Å². The lowest BCUT2D eigenvalue weighted by Crippen LogP contribution is -2.29. The number of nitrogens with zero attached hydrogens (tertiary/aromatic N) is 2. The molecule has 4 aromatic rings. The molecule has 0 atom stereocenters. The Morgan fingerprint density at radius 1 is 0.892 bits per heavy atom. The fraction of sp³-hybridized carbons (Fsp3) is 0.233. The van der Waals surface area contributed by atoms with Crippen molar-refractivity contribution in [3.05, 3.63) is 94.6 Å². The highest BCUT2D eigenvalue weighted by atomic mass is 35.5. The quantitative estimate of drug-likeness (QED) is 0.255. The van der Waals surface area contributed by atoms with E-state index in [0.29, 0.717) is 35.1 Å². The predicted octanol–water partition coefficient (Wildman–Crippen LogP) is 6.45. The number of ether oxygens (including phenoxy) is 3. The Morgan fingerprint density at radius 2 is 1.62 bits per heavy atom. The van der Waals surface area contributed by atoms with Crippen molar-refractivity contribution in [1.82, 2.24) is 9.47 Å². The lowest BCUT2D eigenvalue weighted by Gasteiger charge is -2.18. The predicted molar refractivity (Wildman–Crippen MR) is 148 cm³/mol. The number of hydrogen-bond donors (Lipinski definition) is 0. The van der Waals surface area contributed by atoms with E-state index in [9.17, 15) is 4.79 Å². The molecule has 0 spiro atoms. The number of methoxy groups -OCH3 is 3. The Morgan fingerprint density at radius 3 is 2.30 bits per heavy atom. The van der Waals surface area contributed by atoms with Crippen LogP contribution in [0.1, 0.15) is 21.6 Å². The van der Waals surface area contributed by atoms with Gasteiger partial charge in [-0.1, -0.05) is 35.9 Å². The van der Waals surface area contributed by atoms with E-state index in [0.717, 1.165) is 34.0 Å². The second-order valence-electron chi connectivity index (χ2n) is 8.74. The molecular formula is C30H31ClN2O4. The molecule has 0 unspecified atom stereocenters. The van der Waals surface area contributed by atoms with Crippen LogP contribution in [-0.4, -0.2) is 50.3 Å². The van der Waals surface area contributed by atoms with Crippen LogP contribution in [-0.2, 0) is 6.42 Å². The molecule has 4 rings (SSSR count). The number of amides is 1. The van der Waals surface area contributed by atoms with Crippen LogP contribution in [0.2, 0.25) is 5.02 Å². The summed E-state index contributed by atoms with van der Waals surface area (Å²) in [7, 11) is 6.70. The minimum Gasteiger partial charge on any atom is -0.497 e. The molecule has 0 aliphatic carbocycles. The molecule has 3 aromatic carbocycles. The van der Waals surface area contributed by atoms with E-state index >= 15 is 0 Å². The van der Waals surface area contributed by atoms with Crippen LogP contribution in [0.25, 0.3) is 16.9 Å². The molecule has 0 saturated heterocycles. The summed E-state index contributed by atoms with van der Waals surface area (Å²) in [5.41, 5.74) is 5.32. The highest BCUT2D eigenvalue weighted by Crippen LogP contribution is 2.32. The molecule has 0 saturated carbocycles. The minimum atomic E-state index is -0.0464. The van der Waals surface area contributed by atoms with Gasteiger partial charge in [-0.25, -0.2) is 0 Å². The third kappa shape index (κ3) is 5.59. The largest absolute Gasteiger partial charge is 0.497 e. The third-order valence-corrected chi connectivity index (χ3v) is 6.71. The maximum absolute atomic E-state index is 13.6. The van der Waals surface area contributed by atoms with Crippen LogP contribution in [0, 0.1) is 6.92 Å². The highest BCUT2D eigenvalue weighted by molar-refractivity contribution is 6.30. The Balaban J connectivity index is 1.66. The first-order valence-corrected chi connectivity index (χ1v) is 12.3. The number of hydrogen-bond acceptors (Lipinski definition) is 4. The van der Waals surface area contributed by atoms with Gasteiger partial charge in [0, 0.05) is 36.1 Å². The van der Waals surface area contributed by atoms with Crippen molar-refractivity contribution in [1.29, 1.82) is 0 Å². The van der Waals surface area contributed by atoms with E-state index in [1.165, 1.54) is 0 Å². The number of rotatable bonds is 9. The lowest BCUT2D eigenvalue weighted by atomic mass is 10.1. The molecule has 0 aliphatic rings. The summed E-state index contributed by atoms with van der Waals surface area (Å²) in [5, 5.41) is 0.658. The Kier molecular flexibility index (Phi) is 8.09. The van der Waals surface area contributed by atoms with Gasteiger partial charge in [0.1, 0.15) is 5.75 Å². The van der Waals surface area contributed by atoms with Gasteiger partial charge in [-0.3, -0.25) is 4.79 Å². The summed E-state index contributed by atoms with van der Waals surface area (Å²) in [6.07, 6.45) is 0.683. The van der Waals surface area contributed by atoms with Crippen molar-refractivity contribution in [3.63, 3.8) is 0 Å². The van der Waals surface area contributed by atoms with Gasteiger partial charge in [-0.05, 0) is 66.9 Å². The van der Waals surface area contributed by atoms with E-state index in [-0.39, 0.29) is 5.91 Å². The third-order valence-electron chi connectivity index (χ3n) is 6.46. The second-order valence-corrected chi connectivity index (χ2v) is 9.17. The summed E-state index contributed by atoms with van der Waals surface area (Å²) < 4.78 is 18.3. The lowest BCUT2D eigenvalue weighted by molar-refractivity contribution is 0.0796. The van der Waals surface area contributed by atoms with Gasteiger partial charge < -0.3 is 23.7 Å². The van der Waals surface area contributed by atoms with Crippen molar-refractivity contribution in [2.45, 2.75) is 13.3 Å². The number of carbonyl (C=O) groups excluding carboxylic acids is 1. The number of benzene rings is 3. The monoisotopic (exact) mass is 518 g/mol. The van der Waals surface area contributed by atoms with Crippen LogP contribution in [0.15, 0.2) is 72.8 Å². The summed E-state index contributed by atoms with van der Waals surface area (Å²) in [6, 6.07) is 23.2. The highest BCUT2D eigenvalue weighted by Gasteiger charge is 2.22. The summed E-state index contributed by atoms with van der Waals surface area (Å²) in [6.45, 7) is 2.52. The zero-order valence-electron chi connectivity index (χ0n) is 21.7. The van der Waals surface area contributed by atoms with E-state index in [2.05, 4.69) is 4.57 Å². The minimum absolute atomic E-state index is 0.0464. The second kappa shape index (κ2) is 11.4. The molecule has 192 valence electrons. The molecule has 1 amide bonds. The summed E-state index contributed by atoms with van der Waals surface area (Å²) in [5.74, 6) is 2.05. The molecule has 0 N–H and O–H groups in total. The summed E-state index contributed by atoms with van der Waals surface area (Å²) in [4.78, 5) is 15.4. The average molecular weight is 519 g/mol. The molecule has 1 aromatic heterocycles. The fourth-order valence-electron chi connectivity index (χ4n) is 4.38. The zero-order valence-corrected chi connectivity index (χ0v) is 22.5. The van der Waals surface area contributed by atoms with Gasteiger partial charge >= 0.3 is 0 Å². The molecule has 7 heteroatoms. The van der Waals surface area contributed by atoms with Crippen LogP contribution in [0.4, 0.5) is 0 Å². The van der Waals surface area contributed by atoms with Crippen molar-refractivity contribution in [2.24, 2.45) is 0 Å². The molecule has 0 radical (unpaired) electrons. The molecular weight excluding hydrogens is 488 g/mol. The molecule has 37 heavy (non-hydrogen) atoms. The molecule has 1 heterocycles. The fourth-order valence-corrected chi connectivity index (χ4v) is 4.50. The number of carbonyl (C=O) groups is 1. The Bertz CT molecular complexity index is 1400. The normalized spacial score (nSPS) is 10.8. The molecule has 0 fully saturated rings. The van der Waals surface area contributed by atoms with Crippen LogP contribution in [0.3, 0.4) is 0 Å². The summed E-state index contributed by atoms with van der Waals surface area (Å²) >= 11 is 6.15. The maximum Gasteiger partial charge on any atom is 0.255 e. The van der Waals surface area contributed by atoms with Crippen LogP contribution >= 0.6 is 11.6 Å². The Labute approximate surface area is 223 Å². The Hall–Kier alpha value is -3.90. The molecule has 0 bridgehead atoms. The van der Waals surface area contributed by atoms with Crippen LogP contribution in [0.5, 0.6) is 17.2 Å². The van der Waals surface area contributed by atoms with Crippen molar-refractivity contribution in [2.75, 3.05) is 34.9 Å². The van der Waals surface area contributed by atoms with Crippen LogP contribution < -0.4 is 14.2 Å². The average Bonchev–Trinajstić information content (AvgIpc) is 3.28. The first-order valence-electron chi connectivity index (χ1n) is 11.9.